The molecule has 0 aliphatic rings. The van der Waals surface area contributed by atoms with Crippen molar-refractivity contribution < 1.29 is 8.42 Å². The molecule has 0 atom stereocenters. The number of hydrogen-bond acceptors (Lipinski definition) is 4. The Kier molecular flexibility index (Phi) is 4.67. The van der Waals surface area contributed by atoms with Crippen LogP contribution in [0.5, 0.6) is 0 Å². The van der Waals surface area contributed by atoms with Crippen LogP contribution in [0, 0.1) is 20.8 Å². The van der Waals surface area contributed by atoms with Gasteiger partial charge in [-0.05, 0) is 67.1 Å². The first-order chi connectivity index (χ1) is 11.8. The van der Waals surface area contributed by atoms with Gasteiger partial charge in [-0.25, -0.2) is 4.98 Å². The van der Waals surface area contributed by atoms with Crippen LogP contribution in [0.15, 0.2) is 52.9 Å². The summed E-state index contributed by atoms with van der Waals surface area (Å²) in [5.74, 6) is 0. The largest absolute Gasteiger partial charge is 0.281 e. The van der Waals surface area contributed by atoms with E-state index in [9.17, 15) is 8.42 Å². The molecule has 0 N–H and O–H groups in total. The Hall–Kier alpha value is -2.18. The van der Waals surface area contributed by atoms with Crippen molar-refractivity contribution in [2.45, 2.75) is 25.8 Å². The highest BCUT2D eigenvalue weighted by Crippen LogP contribution is 2.32. The van der Waals surface area contributed by atoms with Crippen LogP contribution in [0.3, 0.4) is 0 Å². The van der Waals surface area contributed by atoms with Crippen LogP contribution in [-0.2, 0) is 10.0 Å². The van der Waals surface area contributed by atoms with Crippen LogP contribution in [-0.4, -0.2) is 20.4 Å². The molecule has 0 aliphatic heterocycles. The highest BCUT2D eigenvalue weighted by Gasteiger charge is 2.24. The van der Waals surface area contributed by atoms with E-state index < -0.39 is 10.0 Å². The van der Waals surface area contributed by atoms with E-state index >= 15 is 0 Å². The molecule has 130 valence electrons. The van der Waals surface area contributed by atoms with Crippen LogP contribution in [0.25, 0.3) is 11.1 Å². The lowest BCUT2D eigenvalue weighted by Gasteiger charge is -2.21. The average molecular weight is 373 g/mol. The molecule has 2 heterocycles. The number of pyridine rings is 1. The first kappa shape index (κ1) is 17.6. The van der Waals surface area contributed by atoms with E-state index in [4.69, 9.17) is 0 Å². The lowest BCUT2D eigenvalue weighted by atomic mass is 10.1. The highest BCUT2D eigenvalue weighted by molar-refractivity contribution is 7.92. The molecular formula is C19H20N2O2S2. The smallest absolute Gasteiger partial charge is 0.268 e. The fraction of sp³-hybridized carbons (Fsp3) is 0.211. The molecule has 0 spiro atoms. The molecule has 2 aromatic heterocycles. The highest BCUT2D eigenvalue weighted by atomic mass is 32.2. The second kappa shape index (κ2) is 6.61. The van der Waals surface area contributed by atoms with Crippen molar-refractivity contribution in [2.75, 3.05) is 11.4 Å². The Morgan fingerprint density at radius 1 is 1.00 bits per heavy atom. The summed E-state index contributed by atoms with van der Waals surface area (Å²) in [4.78, 5) is 5.40. The average Bonchev–Trinajstić information content (AvgIpc) is 3.01. The van der Waals surface area contributed by atoms with Gasteiger partial charge in [0.25, 0.3) is 10.0 Å². The predicted octanol–water partition coefficient (Wildman–Crippen LogP) is 4.56. The van der Waals surface area contributed by atoms with Crippen LogP contribution in [0.1, 0.15) is 16.1 Å². The van der Waals surface area contributed by atoms with E-state index in [0.29, 0.717) is 11.4 Å². The molecule has 0 bridgehead atoms. The van der Waals surface area contributed by atoms with Gasteiger partial charge in [-0.2, -0.15) is 8.42 Å². The maximum Gasteiger partial charge on any atom is 0.281 e. The normalized spacial score (nSPS) is 11.5. The number of aryl methyl sites for hydroxylation is 3. The molecule has 3 rings (SSSR count). The minimum atomic E-state index is -3.71. The molecule has 3 aromatic rings. The molecule has 4 nitrogen and oxygen atoms in total. The van der Waals surface area contributed by atoms with Gasteiger partial charge in [0.05, 0.1) is 5.69 Å². The van der Waals surface area contributed by atoms with E-state index in [1.807, 2.05) is 25.1 Å². The molecule has 0 saturated heterocycles. The number of sulfonamides is 1. The molecule has 0 amide bonds. The van der Waals surface area contributed by atoms with Gasteiger partial charge in [0.15, 0.2) is 5.03 Å². The lowest BCUT2D eigenvalue weighted by molar-refractivity contribution is 0.590. The number of nitrogens with zero attached hydrogens (tertiary/aromatic N) is 2. The quantitative estimate of drug-likeness (QED) is 0.674. The zero-order chi connectivity index (χ0) is 18.2. The number of benzene rings is 1. The van der Waals surface area contributed by atoms with Crippen molar-refractivity contribution in [3.63, 3.8) is 0 Å². The topological polar surface area (TPSA) is 50.3 Å². The van der Waals surface area contributed by atoms with E-state index in [1.54, 1.807) is 37.4 Å². The number of rotatable bonds is 4. The number of anilines is 1. The Bertz CT molecular complexity index is 1020. The standard InChI is InChI=1S/C19H20N2O2S2/c1-13-8-9-16(17-10-15(3)24-12-17)11-18(13)21(4)25(22,23)19-7-5-6-14(2)20-19/h5-12H,1-4H3. The Labute approximate surface area is 152 Å². The zero-order valence-corrected chi connectivity index (χ0v) is 16.3. The maximum absolute atomic E-state index is 13.0. The predicted molar refractivity (Wildman–Crippen MR) is 104 cm³/mol. The van der Waals surface area contributed by atoms with Gasteiger partial charge >= 0.3 is 0 Å². The summed E-state index contributed by atoms with van der Waals surface area (Å²) in [6.07, 6.45) is 0. The van der Waals surface area contributed by atoms with E-state index in [2.05, 4.69) is 23.4 Å². The van der Waals surface area contributed by atoms with Crippen LogP contribution < -0.4 is 4.31 Å². The molecular weight excluding hydrogens is 352 g/mol. The summed E-state index contributed by atoms with van der Waals surface area (Å²) in [6, 6.07) is 13.0. The third kappa shape index (κ3) is 3.45. The number of thiophene rings is 1. The summed E-state index contributed by atoms with van der Waals surface area (Å²) in [5, 5.41) is 2.15. The molecule has 0 fully saturated rings. The fourth-order valence-electron chi connectivity index (χ4n) is 2.65. The first-order valence-electron chi connectivity index (χ1n) is 7.88. The van der Waals surface area contributed by atoms with Gasteiger partial charge in [0, 0.05) is 17.6 Å². The number of hydrogen-bond donors (Lipinski definition) is 0. The van der Waals surface area contributed by atoms with Crippen molar-refractivity contribution in [3.05, 3.63) is 64.0 Å². The van der Waals surface area contributed by atoms with Gasteiger partial charge in [-0.3, -0.25) is 4.31 Å². The summed E-state index contributed by atoms with van der Waals surface area (Å²) in [5.41, 5.74) is 4.33. The third-order valence-corrected chi connectivity index (χ3v) is 6.64. The van der Waals surface area contributed by atoms with Crippen molar-refractivity contribution in [2.24, 2.45) is 0 Å². The lowest BCUT2D eigenvalue weighted by Crippen LogP contribution is -2.28. The Morgan fingerprint density at radius 2 is 1.76 bits per heavy atom. The molecule has 25 heavy (non-hydrogen) atoms. The second-order valence-electron chi connectivity index (χ2n) is 6.04. The van der Waals surface area contributed by atoms with E-state index in [0.717, 1.165) is 16.7 Å². The molecule has 1 aromatic carbocycles. The summed E-state index contributed by atoms with van der Waals surface area (Å²) in [6.45, 7) is 5.75. The molecule has 6 heteroatoms. The minimum Gasteiger partial charge on any atom is -0.268 e. The van der Waals surface area contributed by atoms with Gasteiger partial charge in [-0.1, -0.05) is 18.2 Å². The fourth-order valence-corrected chi connectivity index (χ4v) is 4.61. The second-order valence-corrected chi connectivity index (χ2v) is 9.07. The maximum atomic E-state index is 13.0. The minimum absolute atomic E-state index is 0.0613. The van der Waals surface area contributed by atoms with Crippen molar-refractivity contribution in [3.8, 4) is 11.1 Å². The third-order valence-electron chi connectivity index (χ3n) is 4.10. The van der Waals surface area contributed by atoms with E-state index in [-0.39, 0.29) is 5.03 Å². The van der Waals surface area contributed by atoms with Crippen molar-refractivity contribution in [1.82, 2.24) is 4.98 Å². The SMILES string of the molecule is Cc1cccc(S(=O)(=O)N(C)c2cc(-c3csc(C)c3)ccc2C)n1. The van der Waals surface area contributed by atoms with E-state index in [1.165, 1.54) is 15.2 Å². The zero-order valence-electron chi connectivity index (χ0n) is 14.6. The summed E-state index contributed by atoms with van der Waals surface area (Å²) in [7, 11) is -2.13. The van der Waals surface area contributed by atoms with Crippen LogP contribution >= 0.6 is 11.3 Å². The van der Waals surface area contributed by atoms with Crippen molar-refractivity contribution >= 4 is 27.0 Å². The first-order valence-corrected chi connectivity index (χ1v) is 10.2. The molecule has 0 unspecified atom stereocenters. The van der Waals surface area contributed by atoms with Gasteiger partial charge in [-0.15, -0.1) is 11.3 Å². The van der Waals surface area contributed by atoms with Crippen LogP contribution in [0.4, 0.5) is 5.69 Å². The molecule has 0 saturated carbocycles. The van der Waals surface area contributed by atoms with Crippen molar-refractivity contribution in [1.29, 1.82) is 0 Å². The summed E-state index contributed by atoms with van der Waals surface area (Å²) >= 11 is 1.68. The number of aromatic nitrogens is 1. The Morgan fingerprint density at radius 3 is 2.40 bits per heavy atom. The Balaban J connectivity index is 2.06. The summed E-state index contributed by atoms with van der Waals surface area (Å²) < 4.78 is 27.2. The van der Waals surface area contributed by atoms with Gasteiger partial charge in [0.1, 0.15) is 0 Å². The van der Waals surface area contributed by atoms with Gasteiger partial charge in [0.2, 0.25) is 0 Å². The monoisotopic (exact) mass is 372 g/mol. The van der Waals surface area contributed by atoms with Gasteiger partial charge < -0.3 is 0 Å². The molecule has 0 aliphatic carbocycles. The van der Waals surface area contributed by atoms with Crippen LogP contribution in [0.2, 0.25) is 0 Å². The molecule has 0 radical (unpaired) electrons.